The molecule has 0 radical (unpaired) electrons. The highest BCUT2D eigenvalue weighted by Crippen LogP contribution is 2.29. The minimum absolute atomic E-state index is 0.157. The van der Waals surface area contributed by atoms with Crippen molar-refractivity contribution in [1.82, 2.24) is 9.36 Å². The van der Waals surface area contributed by atoms with E-state index in [1.54, 1.807) is 6.92 Å². The van der Waals surface area contributed by atoms with Gasteiger partial charge in [-0.3, -0.25) is 10.1 Å². The second kappa shape index (κ2) is 5.09. The van der Waals surface area contributed by atoms with Gasteiger partial charge >= 0.3 is 0 Å². The third kappa shape index (κ3) is 2.72. The van der Waals surface area contributed by atoms with Crippen LogP contribution in [0, 0.1) is 6.92 Å². The summed E-state index contributed by atoms with van der Waals surface area (Å²) in [7, 11) is 0. The Labute approximate surface area is 117 Å². The van der Waals surface area contributed by atoms with Crippen LogP contribution in [0.5, 0.6) is 0 Å². The van der Waals surface area contributed by atoms with E-state index in [0.29, 0.717) is 16.6 Å². The number of hydrogen-bond donors (Lipinski definition) is 2. The van der Waals surface area contributed by atoms with Crippen LogP contribution in [-0.2, 0) is 0 Å². The van der Waals surface area contributed by atoms with Gasteiger partial charge < -0.3 is 5.73 Å². The number of amides is 1. The Hall–Kier alpha value is -1.37. The third-order valence-corrected chi connectivity index (χ3v) is 3.57. The summed E-state index contributed by atoms with van der Waals surface area (Å²) in [6, 6.07) is 2.94. The molecular formula is C10H8Cl2N4OS. The van der Waals surface area contributed by atoms with Crippen LogP contribution < -0.4 is 11.1 Å². The zero-order valence-corrected chi connectivity index (χ0v) is 11.5. The first-order valence-electron chi connectivity index (χ1n) is 4.83. The second-order valence-corrected chi connectivity index (χ2v) is 5.00. The lowest BCUT2D eigenvalue weighted by Gasteiger charge is -2.06. The molecule has 1 aromatic heterocycles. The summed E-state index contributed by atoms with van der Waals surface area (Å²) in [6.07, 6.45) is 0. The predicted molar refractivity (Wildman–Crippen MR) is 73.5 cm³/mol. The molecule has 2 aromatic rings. The first-order chi connectivity index (χ1) is 8.47. The van der Waals surface area contributed by atoms with Gasteiger partial charge in [-0.1, -0.05) is 23.2 Å². The monoisotopic (exact) mass is 302 g/mol. The van der Waals surface area contributed by atoms with Crippen LogP contribution in [0.2, 0.25) is 10.0 Å². The summed E-state index contributed by atoms with van der Waals surface area (Å²) in [6.45, 7) is 1.73. The number of halogens is 2. The number of aromatic nitrogens is 2. The van der Waals surface area contributed by atoms with E-state index in [1.165, 1.54) is 12.1 Å². The minimum atomic E-state index is -0.426. The lowest BCUT2D eigenvalue weighted by molar-refractivity contribution is 0.102. The number of carbonyl (C=O) groups is 1. The number of anilines is 2. The quantitative estimate of drug-likeness (QED) is 0.836. The van der Waals surface area contributed by atoms with Crippen molar-refractivity contribution in [1.29, 1.82) is 0 Å². The first-order valence-corrected chi connectivity index (χ1v) is 6.36. The van der Waals surface area contributed by atoms with Crippen LogP contribution in [0.4, 0.5) is 10.8 Å². The fourth-order valence-corrected chi connectivity index (χ4v) is 2.28. The van der Waals surface area contributed by atoms with E-state index >= 15 is 0 Å². The first kappa shape index (κ1) is 13.1. The zero-order valence-electron chi connectivity index (χ0n) is 9.20. The van der Waals surface area contributed by atoms with E-state index in [-0.39, 0.29) is 15.6 Å². The highest BCUT2D eigenvalue weighted by molar-refractivity contribution is 7.09. The van der Waals surface area contributed by atoms with Crippen LogP contribution in [-0.4, -0.2) is 15.3 Å². The maximum atomic E-state index is 12.0. The van der Waals surface area contributed by atoms with Crippen molar-refractivity contribution in [3.8, 4) is 0 Å². The molecule has 1 amide bonds. The fourth-order valence-electron chi connectivity index (χ4n) is 1.29. The van der Waals surface area contributed by atoms with Gasteiger partial charge in [0.1, 0.15) is 5.82 Å². The summed E-state index contributed by atoms with van der Waals surface area (Å²) in [5.74, 6) is 0.164. The van der Waals surface area contributed by atoms with Crippen molar-refractivity contribution in [3.63, 3.8) is 0 Å². The van der Waals surface area contributed by atoms with Crippen LogP contribution in [0.25, 0.3) is 0 Å². The van der Waals surface area contributed by atoms with Crippen LogP contribution in [0.1, 0.15) is 16.2 Å². The number of nitrogens with one attached hydrogen (secondary N) is 1. The lowest BCUT2D eigenvalue weighted by Crippen LogP contribution is -2.13. The van der Waals surface area contributed by atoms with Crippen molar-refractivity contribution in [2.75, 3.05) is 11.1 Å². The molecule has 0 saturated carbocycles. The number of nitrogens with two attached hydrogens (primary N) is 1. The highest BCUT2D eigenvalue weighted by atomic mass is 35.5. The van der Waals surface area contributed by atoms with Crippen LogP contribution >= 0.6 is 34.7 Å². The standard InChI is InChI=1S/C10H8Cl2N4OS/c1-4-14-10(18-16-4)15-9(17)6-2-5(13)3-7(11)8(6)12/h2-3H,13H2,1H3,(H,14,15,16,17). The number of rotatable bonds is 2. The molecule has 1 heterocycles. The van der Waals surface area contributed by atoms with Crippen molar-refractivity contribution in [2.24, 2.45) is 0 Å². The Bertz CT molecular complexity index is 614. The van der Waals surface area contributed by atoms with E-state index in [0.717, 1.165) is 11.5 Å². The molecule has 5 nitrogen and oxygen atoms in total. The molecule has 0 aliphatic heterocycles. The van der Waals surface area contributed by atoms with E-state index in [4.69, 9.17) is 28.9 Å². The zero-order chi connectivity index (χ0) is 13.3. The molecule has 8 heteroatoms. The molecule has 1 aromatic carbocycles. The number of aryl methyl sites for hydroxylation is 1. The highest BCUT2D eigenvalue weighted by Gasteiger charge is 2.15. The molecular weight excluding hydrogens is 295 g/mol. The van der Waals surface area contributed by atoms with Crippen LogP contribution in [0.3, 0.4) is 0 Å². The molecule has 0 fully saturated rings. The molecule has 0 unspecified atom stereocenters. The fraction of sp³-hybridized carbons (Fsp3) is 0.100. The molecule has 0 saturated heterocycles. The van der Waals surface area contributed by atoms with Gasteiger partial charge in [0.2, 0.25) is 5.13 Å². The number of benzene rings is 1. The van der Waals surface area contributed by atoms with Gasteiger partial charge in [-0.25, -0.2) is 4.98 Å². The van der Waals surface area contributed by atoms with E-state index in [9.17, 15) is 4.79 Å². The summed E-state index contributed by atoms with van der Waals surface area (Å²) < 4.78 is 3.95. The lowest BCUT2D eigenvalue weighted by atomic mass is 10.2. The Kier molecular flexibility index (Phi) is 3.70. The molecule has 18 heavy (non-hydrogen) atoms. The number of hydrogen-bond acceptors (Lipinski definition) is 5. The van der Waals surface area contributed by atoms with Crippen molar-refractivity contribution < 1.29 is 4.79 Å². The van der Waals surface area contributed by atoms with Gasteiger partial charge in [0.15, 0.2) is 0 Å². The maximum absolute atomic E-state index is 12.0. The average Bonchev–Trinajstić information content (AvgIpc) is 2.69. The second-order valence-electron chi connectivity index (χ2n) is 3.47. The van der Waals surface area contributed by atoms with Gasteiger partial charge in [0.25, 0.3) is 5.91 Å². The molecule has 0 spiro atoms. The molecule has 94 valence electrons. The molecule has 0 bridgehead atoms. The van der Waals surface area contributed by atoms with Gasteiger partial charge in [-0.05, 0) is 19.1 Å². The van der Waals surface area contributed by atoms with Crippen molar-refractivity contribution in [2.45, 2.75) is 6.92 Å². The molecule has 2 rings (SSSR count). The van der Waals surface area contributed by atoms with Crippen molar-refractivity contribution >= 4 is 51.5 Å². The minimum Gasteiger partial charge on any atom is -0.399 e. The number of nitrogens with zero attached hydrogens (tertiary/aromatic N) is 2. The van der Waals surface area contributed by atoms with Gasteiger partial charge in [-0.15, -0.1) is 0 Å². The maximum Gasteiger partial charge on any atom is 0.259 e. The van der Waals surface area contributed by atoms with E-state index < -0.39 is 5.91 Å². The average molecular weight is 303 g/mol. The summed E-state index contributed by atoms with van der Waals surface area (Å²) in [5.41, 5.74) is 6.18. The Balaban J connectivity index is 2.29. The van der Waals surface area contributed by atoms with Gasteiger partial charge in [0, 0.05) is 17.2 Å². The number of nitrogen functional groups attached to an aromatic ring is 1. The Morgan fingerprint density at radius 1 is 1.44 bits per heavy atom. The number of carbonyl (C=O) groups excluding carboxylic acids is 1. The molecule has 3 N–H and O–H groups in total. The molecule has 0 atom stereocenters. The predicted octanol–water partition coefficient (Wildman–Crippen LogP) is 2.99. The smallest absolute Gasteiger partial charge is 0.259 e. The topological polar surface area (TPSA) is 80.9 Å². The summed E-state index contributed by atoms with van der Waals surface area (Å²) in [4.78, 5) is 16.0. The Morgan fingerprint density at radius 3 is 2.78 bits per heavy atom. The largest absolute Gasteiger partial charge is 0.399 e. The molecule has 0 aliphatic rings. The van der Waals surface area contributed by atoms with Gasteiger partial charge in [0.05, 0.1) is 15.6 Å². The van der Waals surface area contributed by atoms with E-state index in [1.807, 2.05) is 0 Å². The summed E-state index contributed by atoms with van der Waals surface area (Å²) in [5, 5.41) is 3.37. The summed E-state index contributed by atoms with van der Waals surface area (Å²) >= 11 is 12.9. The Morgan fingerprint density at radius 2 is 2.17 bits per heavy atom. The normalized spacial score (nSPS) is 10.4. The molecule has 0 aliphatic carbocycles. The SMILES string of the molecule is Cc1nsc(NC(=O)c2cc(N)cc(Cl)c2Cl)n1. The third-order valence-electron chi connectivity index (χ3n) is 2.04. The van der Waals surface area contributed by atoms with Crippen molar-refractivity contribution in [3.05, 3.63) is 33.6 Å². The van der Waals surface area contributed by atoms with Crippen LogP contribution in [0.15, 0.2) is 12.1 Å². The van der Waals surface area contributed by atoms with E-state index in [2.05, 4.69) is 14.7 Å². The van der Waals surface area contributed by atoms with Gasteiger partial charge in [-0.2, -0.15) is 4.37 Å².